The fourth-order valence-electron chi connectivity index (χ4n) is 3.95. The number of alkyl carbamates (subject to hydrolysis) is 1. The number of esters is 1. The average molecular weight is 508 g/mol. The van der Waals surface area contributed by atoms with Crippen LogP contribution in [0.2, 0.25) is 0 Å². The molecule has 38 heavy (non-hydrogen) atoms. The summed E-state index contributed by atoms with van der Waals surface area (Å²) < 4.78 is 10.9. The van der Waals surface area contributed by atoms with Crippen LogP contribution in [0.15, 0.2) is 97.6 Å². The molecule has 2 heterocycles. The Morgan fingerprint density at radius 3 is 2.11 bits per heavy atom. The highest BCUT2D eigenvalue weighted by molar-refractivity contribution is 5.86. The maximum Gasteiger partial charge on any atom is 0.408 e. The third-order valence-electron chi connectivity index (χ3n) is 5.90. The van der Waals surface area contributed by atoms with Gasteiger partial charge in [0.2, 0.25) is 0 Å². The summed E-state index contributed by atoms with van der Waals surface area (Å²) in [6.45, 7) is 0.192. The smallest absolute Gasteiger partial charge is 0.408 e. The summed E-state index contributed by atoms with van der Waals surface area (Å²) in [6.07, 6.45) is 2.56. The van der Waals surface area contributed by atoms with Crippen LogP contribution in [0.5, 0.6) is 0 Å². The van der Waals surface area contributed by atoms with Crippen LogP contribution in [0.4, 0.5) is 4.79 Å². The molecule has 0 saturated carbocycles. The number of hydrogen-bond acceptors (Lipinski definition) is 7. The molecule has 9 heteroatoms. The van der Waals surface area contributed by atoms with Gasteiger partial charge in [0.05, 0.1) is 12.0 Å². The number of ether oxygens (including phenoxy) is 2. The number of fused-ring (bicyclic) bond motifs is 1. The summed E-state index contributed by atoms with van der Waals surface area (Å²) in [5.74, 6) is -0.551. The Balaban J connectivity index is 1.28. The average Bonchev–Trinajstić information content (AvgIpc) is 3.45. The maximum absolute atomic E-state index is 13.0. The van der Waals surface area contributed by atoms with Crippen molar-refractivity contribution in [2.45, 2.75) is 25.7 Å². The van der Waals surface area contributed by atoms with Crippen molar-refractivity contribution in [3.8, 4) is 11.3 Å². The molecule has 5 rings (SSSR count). The lowest BCUT2D eigenvalue weighted by atomic mass is 10.0. The van der Waals surface area contributed by atoms with E-state index in [2.05, 4.69) is 25.3 Å². The Labute approximate surface area is 218 Å². The molecule has 0 aliphatic heterocycles. The number of H-pyrrole nitrogens is 1. The second-order valence-electron chi connectivity index (χ2n) is 8.58. The van der Waals surface area contributed by atoms with Gasteiger partial charge in [0.25, 0.3) is 0 Å². The van der Waals surface area contributed by atoms with Crippen molar-refractivity contribution in [3.05, 3.63) is 114 Å². The van der Waals surface area contributed by atoms with Crippen molar-refractivity contribution in [3.63, 3.8) is 0 Å². The number of rotatable bonds is 9. The molecule has 5 aromatic rings. The predicted molar refractivity (Wildman–Crippen MR) is 141 cm³/mol. The monoisotopic (exact) mass is 507 g/mol. The van der Waals surface area contributed by atoms with Crippen LogP contribution in [0.1, 0.15) is 16.7 Å². The number of aromatic amines is 1. The third-order valence-corrected chi connectivity index (χ3v) is 5.90. The molecule has 2 N–H and O–H groups in total. The maximum atomic E-state index is 13.0. The zero-order valence-corrected chi connectivity index (χ0v) is 20.4. The molecular weight excluding hydrogens is 482 g/mol. The first-order valence-corrected chi connectivity index (χ1v) is 12.1. The number of amides is 1. The van der Waals surface area contributed by atoms with E-state index in [-0.39, 0.29) is 19.6 Å². The van der Waals surface area contributed by atoms with Gasteiger partial charge in [-0.15, -0.1) is 0 Å². The minimum absolute atomic E-state index is 0.0914. The first-order chi connectivity index (χ1) is 18.7. The lowest BCUT2D eigenvalue weighted by molar-refractivity contribution is -0.147. The number of imidazole rings is 1. The molecule has 9 nitrogen and oxygen atoms in total. The molecule has 0 spiro atoms. The normalized spacial score (nSPS) is 11.6. The lowest BCUT2D eigenvalue weighted by Gasteiger charge is -2.18. The van der Waals surface area contributed by atoms with Gasteiger partial charge < -0.3 is 19.8 Å². The number of nitrogens with one attached hydrogen (secondary N) is 2. The molecule has 0 fully saturated rings. The molecule has 0 unspecified atom stereocenters. The quantitative estimate of drug-likeness (QED) is 0.280. The fourth-order valence-corrected chi connectivity index (χ4v) is 3.95. The molecule has 0 radical (unpaired) electrons. The zero-order chi connectivity index (χ0) is 26.2. The largest absolute Gasteiger partial charge is 0.459 e. The molecular formula is C29H25N5O4. The number of nitrogens with zero attached hydrogens (tertiary/aromatic N) is 3. The van der Waals surface area contributed by atoms with Crippen molar-refractivity contribution < 1.29 is 19.1 Å². The number of carbonyl (C=O) groups is 2. The second kappa shape index (κ2) is 11.8. The Bertz CT molecular complexity index is 1500. The Morgan fingerprint density at radius 2 is 1.42 bits per heavy atom. The van der Waals surface area contributed by atoms with Gasteiger partial charge in [-0.2, -0.15) is 0 Å². The van der Waals surface area contributed by atoms with Gasteiger partial charge in [-0.1, -0.05) is 84.9 Å². The minimum atomic E-state index is -0.939. The zero-order valence-electron chi connectivity index (χ0n) is 20.4. The molecule has 1 atom stereocenters. The minimum Gasteiger partial charge on any atom is -0.459 e. The van der Waals surface area contributed by atoms with E-state index in [1.54, 1.807) is 6.33 Å². The number of benzene rings is 3. The van der Waals surface area contributed by atoms with E-state index >= 15 is 0 Å². The van der Waals surface area contributed by atoms with Gasteiger partial charge >= 0.3 is 12.1 Å². The predicted octanol–water partition coefficient (Wildman–Crippen LogP) is 4.60. The van der Waals surface area contributed by atoms with E-state index in [9.17, 15) is 9.59 Å². The van der Waals surface area contributed by atoms with Gasteiger partial charge in [0.15, 0.2) is 5.65 Å². The molecule has 0 bridgehead atoms. The van der Waals surface area contributed by atoms with Crippen molar-refractivity contribution in [1.82, 2.24) is 25.3 Å². The lowest BCUT2D eigenvalue weighted by Crippen LogP contribution is -2.43. The van der Waals surface area contributed by atoms with Crippen LogP contribution in [0.3, 0.4) is 0 Å². The highest BCUT2D eigenvalue weighted by Crippen LogP contribution is 2.23. The van der Waals surface area contributed by atoms with E-state index in [1.165, 1.54) is 6.33 Å². The molecule has 0 aliphatic rings. The van der Waals surface area contributed by atoms with Crippen LogP contribution in [0.25, 0.3) is 22.4 Å². The van der Waals surface area contributed by atoms with Gasteiger partial charge in [0.1, 0.15) is 31.1 Å². The summed E-state index contributed by atoms with van der Waals surface area (Å²) in [5, 5.41) is 2.67. The van der Waals surface area contributed by atoms with Gasteiger partial charge in [-0.25, -0.2) is 24.5 Å². The summed E-state index contributed by atoms with van der Waals surface area (Å²) in [5.41, 5.74) is 5.44. The summed E-state index contributed by atoms with van der Waals surface area (Å²) in [7, 11) is 0. The number of aromatic nitrogens is 4. The van der Waals surface area contributed by atoms with Gasteiger partial charge in [0, 0.05) is 12.0 Å². The standard InChI is InChI=1S/C29H25N5O4/c35-28(37-16-21-7-3-1-4-8-21)24(34-29(36)38-17-22-9-5-2-6-10-22)15-20-11-13-23(14-12-20)25-26-27(32-18-30-25)33-19-31-26/h1-14,18-19,24H,15-17H2,(H,34,36)(H,30,31,32,33)/t24-/m0/s1. The summed E-state index contributed by atoms with van der Waals surface area (Å²) in [4.78, 5) is 41.3. The van der Waals surface area contributed by atoms with E-state index < -0.39 is 18.1 Å². The Morgan fingerprint density at radius 1 is 0.763 bits per heavy atom. The molecule has 3 aromatic carbocycles. The third kappa shape index (κ3) is 6.19. The van der Waals surface area contributed by atoms with E-state index in [0.29, 0.717) is 5.65 Å². The SMILES string of the molecule is O=C(N[C@@H](Cc1ccc(-c2ncnc3nc[nH]c23)cc1)C(=O)OCc1ccccc1)OCc1ccccc1. The van der Waals surface area contributed by atoms with Gasteiger partial charge in [-0.3, -0.25) is 0 Å². The molecule has 0 saturated heterocycles. The highest BCUT2D eigenvalue weighted by Gasteiger charge is 2.24. The fraction of sp³-hybridized carbons (Fsp3) is 0.138. The number of hydrogen-bond donors (Lipinski definition) is 2. The molecule has 0 aliphatic carbocycles. The Kier molecular flexibility index (Phi) is 7.64. The first kappa shape index (κ1) is 24.6. The summed E-state index contributed by atoms with van der Waals surface area (Å²) >= 11 is 0. The Hall–Kier alpha value is -5.05. The topological polar surface area (TPSA) is 119 Å². The van der Waals surface area contributed by atoms with E-state index in [1.807, 2.05) is 84.9 Å². The molecule has 190 valence electrons. The molecule has 1 amide bonds. The van der Waals surface area contributed by atoms with Crippen molar-refractivity contribution in [2.24, 2.45) is 0 Å². The number of carbonyl (C=O) groups excluding carboxylic acids is 2. The molecule has 2 aromatic heterocycles. The van der Waals surface area contributed by atoms with Crippen molar-refractivity contribution >= 4 is 23.2 Å². The first-order valence-electron chi connectivity index (χ1n) is 12.1. The van der Waals surface area contributed by atoms with Crippen LogP contribution in [0, 0.1) is 0 Å². The highest BCUT2D eigenvalue weighted by atomic mass is 16.6. The van der Waals surface area contributed by atoms with E-state index in [4.69, 9.17) is 9.47 Å². The van der Waals surface area contributed by atoms with Crippen LogP contribution in [-0.2, 0) is 33.9 Å². The second-order valence-corrected chi connectivity index (χ2v) is 8.58. The van der Waals surface area contributed by atoms with Crippen LogP contribution >= 0.6 is 0 Å². The van der Waals surface area contributed by atoms with Crippen molar-refractivity contribution in [2.75, 3.05) is 0 Å². The summed E-state index contributed by atoms with van der Waals surface area (Å²) in [6, 6.07) is 25.3. The van der Waals surface area contributed by atoms with Crippen molar-refractivity contribution in [1.29, 1.82) is 0 Å². The van der Waals surface area contributed by atoms with Gasteiger partial charge in [-0.05, 0) is 16.7 Å². The van der Waals surface area contributed by atoms with Crippen LogP contribution < -0.4 is 5.32 Å². The van der Waals surface area contributed by atoms with Crippen LogP contribution in [-0.4, -0.2) is 38.0 Å². The van der Waals surface area contributed by atoms with E-state index in [0.717, 1.165) is 33.5 Å².